The van der Waals surface area contributed by atoms with E-state index in [2.05, 4.69) is 56.9 Å². The average Bonchev–Trinajstić information content (AvgIpc) is 2.93. The van der Waals surface area contributed by atoms with E-state index in [0.717, 1.165) is 16.8 Å². The molecule has 3 aromatic rings. The molecule has 1 heterocycles. The number of fused-ring (bicyclic) bond motifs is 1. The van der Waals surface area contributed by atoms with Gasteiger partial charge in [-0.05, 0) is 60.7 Å². The Kier molecular flexibility index (Phi) is 5.09. The van der Waals surface area contributed by atoms with E-state index in [1.165, 1.54) is 16.7 Å². The maximum atomic E-state index is 9.63. The first-order valence-corrected chi connectivity index (χ1v) is 8.79. The van der Waals surface area contributed by atoms with E-state index >= 15 is 0 Å². The smallest absolute Gasteiger partial charge is 0.135 e. The Labute approximate surface area is 149 Å². The normalized spacial score (nSPS) is 11.4. The summed E-state index contributed by atoms with van der Waals surface area (Å²) in [6.07, 6.45) is 0. The lowest BCUT2D eigenvalue weighted by Gasteiger charge is -2.11. The molecule has 0 atom stereocenters. The van der Waals surface area contributed by atoms with Crippen LogP contribution in [0.5, 0.6) is 5.75 Å². The zero-order valence-electron chi connectivity index (χ0n) is 15.4. The van der Waals surface area contributed by atoms with Gasteiger partial charge in [-0.15, -0.1) is 0 Å². The Hall–Kier alpha value is -2.33. The molecule has 1 aromatic heterocycles. The van der Waals surface area contributed by atoms with Crippen LogP contribution < -0.4 is 4.74 Å². The zero-order chi connectivity index (χ0) is 18.0. The maximum absolute atomic E-state index is 9.63. The van der Waals surface area contributed by atoms with Crippen LogP contribution in [0.3, 0.4) is 0 Å². The van der Waals surface area contributed by atoms with Gasteiger partial charge < -0.3 is 14.4 Å². The van der Waals surface area contributed by atoms with Crippen molar-refractivity contribution in [3.8, 4) is 5.75 Å². The van der Waals surface area contributed by atoms with Crippen LogP contribution in [0.25, 0.3) is 11.0 Å². The van der Waals surface area contributed by atoms with Crippen molar-refractivity contribution < 1.29 is 9.84 Å². The predicted molar refractivity (Wildman–Crippen MR) is 101 cm³/mol. The van der Waals surface area contributed by atoms with Crippen molar-refractivity contribution in [1.29, 1.82) is 0 Å². The second-order valence-electron chi connectivity index (χ2n) is 6.84. The van der Waals surface area contributed by atoms with Crippen LogP contribution in [0.4, 0.5) is 0 Å². The highest BCUT2D eigenvalue weighted by atomic mass is 16.5. The van der Waals surface area contributed by atoms with Crippen molar-refractivity contribution in [3.05, 3.63) is 58.9 Å². The van der Waals surface area contributed by atoms with Gasteiger partial charge in [0, 0.05) is 0 Å². The second kappa shape index (κ2) is 7.28. The van der Waals surface area contributed by atoms with Crippen molar-refractivity contribution >= 4 is 11.0 Å². The number of aliphatic hydroxyl groups is 1. The molecule has 0 fully saturated rings. The summed E-state index contributed by atoms with van der Waals surface area (Å²) in [7, 11) is 0. The number of nitrogens with zero attached hydrogens (tertiary/aromatic N) is 2. The minimum atomic E-state index is -0.0736. The van der Waals surface area contributed by atoms with Gasteiger partial charge in [-0.3, -0.25) is 0 Å². The molecule has 0 bridgehead atoms. The Bertz CT molecular complexity index is 864. The van der Waals surface area contributed by atoms with Gasteiger partial charge in [0.1, 0.15) is 24.8 Å². The fourth-order valence-corrected chi connectivity index (χ4v) is 3.00. The lowest BCUT2D eigenvalue weighted by atomic mass is 10.0. The van der Waals surface area contributed by atoms with E-state index in [0.29, 0.717) is 24.9 Å². The van der Waals surface area contributed by atoms with Crippen LogP contribution in [0, 0.1) is 13.8 Å². The third-order valence-corrected chi connectivity index (χ3v) is 4.71. The summed E-state index contributed by atoms with van der Waals surface area (Å²) >= 11 is 0. The first-order chi connectivity index (χ1) is 12.0. The Balaban J connectivity index is 1.75. The molecule has 0 aliphatic heterocycles. The molecule has 0 unspecified atom stereocenters. The number of aromatic nitrogens is 2. The molecule has 0 aliphatic carbocycles. The van der Waals surface area contributed by atoms with E-state index in [1.807, 2.05) is 16.7 Å². The Morgan fingerprint density at radius 2 is 1.76 bits per heavy atom. The number of aryl methyl sites for hydroxylation is 2. The van der Waals surface area contributed by atoms with Crippen LogP contribution >= 0.6 is 0 Å². The molecule has 4 heteroatoms. The van der Waals surface area contributed by atoms with Crippen molar-refractivity contribution in [1.82, 2.24) is 9.55 Å². The lowest BCUT2D eigenvalue weighted by molar-refractivity contribution is 0.255. The standard InChI is InChI=1S/C21H26N2O2/c1-14(2)17-5-7-18(8-6-17)25-10-9-23-20-12-16(4)15(3)11-19(20)22-21(23)13-24/h5-8,11-12,14,24H,9-10,13H2,1-4H3. The van der Waals surface area contributed by atoms with Gasteiger partial charge in [0.2, 0.25) is 0 Å². The van der Waals surface area contributed by atoms with Gasteiger partial charge in [-0.2, -0.15) is 0 Å². The molecule has 3 rings (SSSR count). The fraction of sp³-hybridized carbons (Fsp3) is 0.381. The molecule has 132 valence electrons. The van der Waals surface area contributed by atoms with E-state index < -0.39 is 0 Å². The topological polar surface area (TPSA) is 47.3 Å². The monoisotopic (exact) mass is 338 g/mol. The summed E-state index contributed by atoms with van der Waals surface area (Å²) in [6.45, 7) is 9.65. The molecular weight excluding hydrogens is 312 g/mol. The van der Waals surface area contributed by atoms with Gasteiger partial charge in [0.15, 0.2) is 0 Å². The number of ether oxygens (including phenoxy) is 1. The van der Waals surface area contributed by atoms with Crippen molar-refractivity contribution in [2.24, 2.45) is 0 Å². The number of imidazole rings is 1. The first kappa shape index (κ1) is 17.5. The van der Waals surface area contributed by atoms with E-state index in [9.17, 15) is 5.11 Å². The van der Waals surface area contributed by atoms with Gasteiger partial charge >= 0.3 is 0 Å². The number of hydrogen-bond donors (Lipinski definition) is 1. The van der Waals surface area contributed by atoms with Gasteiger partial charge in [0.25, 0.3) is 0 Å². The largest absolute Gasteiger partial charge is 0.492 e. The molecule has 2 aromatic carbocycles. The highest BCUT2D eigenvalue weighted by Gasteiger charge is 2.11. The summed E-state index contributed by atoms with van der Waals surface area (Å²) in [5, 5.41) is 9.63. The average molecular weight is 338 g/mol. The zero-order valence-corrected chi connectivity index (χ0v) is 15.4. The van der Waals surface area contributed by atoms with Crippen molar-refractivity contribution in [2.75, 3.05) is 6.61 Å². The molecule has 25 heavy (non-hydrogen) atoms. The molecule has 1 N–H and O–H groups in total. The molecule has 0 saturated heterocycles. The summed E-state index contributed by atoms with van der Waals surface area (Å²) in [6, 6.07) is 12.5. The van der Waals surface area contributed by atoms with E-state index in [-0.39, 0.29) is 6.61 Å². The number of hydrogen-bond acceptors (Lipinski definition) is 3. The maximum Gasteiger partial charge on any atom is 0.135 e. The number of rotatable bonds is 6. The highest BCUT2D eigenvalue weighted by molar-refractivity contribution is 5.78. The van der Waals surface area contributed by atoms with Gasteiger partial charge in [0.05, 0.1) is 17.6 Å². The van der Waals surface area contributed by atoms with Crippen molar-refractivity contribution in [3.63, 3.8) is 0 Å². The van der Waals surface area contributed by atoms with Crippen molar-refractivity contribution in [2.45, 2.75) is 46.8 Å². The molecular formula is C21H26N2O2. The van der Waals surface area contributed by atoms with E-state index in [1.54, 1.807) is 0 Å². The quantitative estimate of drug-likeness (QED) is 0.727. The fourth-order valence-electron chi connectivity index (χ4n) is 3.00. The van der Waals surface area contributed by atoms with Crippen LogP contribution in [-0.2, 0) is 13.2 Å². The lowest BCUT2D eigenvalue weighted by Crippen LogP contribution is -2.11. The summed E-state index contributed by atoms with van der Waals surface area (Å²) in [4.78, 5) is 4.55. The minimum absolute atomic E-state index is 0.0736. The van der Waals surface area contributed by atoms with Crippen LogP contribution in [0.15, 0.2) is 36.4 Å². The Morgan fingerprint density at radius 1 is 1.08 bits per heavy atom. The second-order valence-corrected chi connectivity index (χ2v) is 6.84. The Morgan fingerprint density at radius 3 is 2.40 bits per heavy atom. The van der Waals surface area contributed by atoms with E-state index in [4.69, 9.17) is 4.74 Å². The third kappa shape index (κ3) is 3.69. The van der Waals surface area contributed by atoms with Gasteiger partial charge in [-0.1, -0.05) is 26.0 Å². The number of aliphatic hydroxyl groups excluding tert-OH is 1. The molecule has 4 nitrogen and oxygen atoms in total. The first-order valence-electron chi connectivity index (χ1n) is 8.79. The molecule has 0 saturated carbocycles. The third-order valence-electron chi connectivity index (χ3n) is 4.71. The van der Waals surface area contributed by atoms with Crippen LogP contribution in [-0.4, -0.2) is 21.3 Å². The summed E-state index contributed by atoms with van der Waals surface area (Å²) in [5.41, 5.74) is 5.71. The van der Waals surface area contributed by atoms with Crippen LogP contribution in [0.1, 0.15) is 42.3 Å². The molecule has 0 spiro atoms. The minimum Gasteiger partial charge on any atom is -0.492 e. The number of benzene rings is 2. The van der Waals surface area contributed by atoms with Crippen LogP contribution in [0.2, 0.25) is 0 Å². The van der Waals surface area contributed by atoms with Gasteiger partial charge in [-0.25, -0.2) is 4.98 Å². The SMILES string of the molecule is Cc1cc2nc(CO)n(CCOc3ccc(C(C)C)cc3)c2cc1C. The molecule has 0 aliphatic rings. The molecule has 0 amide bonds. The summed E-state index contributed by atoms with van der Waals surface area (Å²) in [5.74, 6) is 2.07. The molecule has 0 radical (unpaired) electrons. The summed E-state index contributed by atoms with van der Waals surface area (Å²) < 4.78 is 7.93. The predicted octanol–water partition coefficient (Wildman–Crippen LogP) is 4.35. The highest BCUT2D eigenvalue weighted by Crippen LogP contribution is 2.22.